The second-order valence-electron chi connectivity index (χ2n) is 29.7. The molecule has 4 heterocycles. The maximum Gasteiger partial charge on any atom is 0.0344 e. The van der Waals surface area contributed by atoms with Crippen molar-refractivity contribution in [3.63, 3.8) is 0 Å². The number of aromatic nitrogens is 4. The van der Waals surface area contributed by atoms with Crippen LogP contribution in [0.5, 0.6) is 0 Å². The van der Waals surface area contributed by atoms with Gasteiger partial charge < -0.3 is 40.0 Å². The predicted octanol–water partition coefficient (Wildman–Crippen LogP) is 24.0. The maximum atomic E-state index is 3.87. The summed E-state index contributed by atoms with van der Waals surface area (Å²) in [5, 5.41) is 17.5. The quantitative estimate of drug-likeness (QED) is 0.139. The van der Waals surface area contributed by atoms with Gasteiger partial charge in [-0.15, -0.1) is 35.7 Å². The van der Waals surface area contributed by atoms with Gasteiger partial charge in [-0.1, -0.05) is 289 Å². The first kappa shape index (κ1) is 73.4. The minimum atomic E-state index is 0. The number of rotatable bonds is 8. The first-order valence-electron chi connectivity index (χ1n) is 34.5. The molecular weight excluding hydrogens is 1610 g/mol. The average Bonchev–Trinajstić information content (AvgIpc) is 1.53. The Balaban J connectivity index is 0.000000161. The first-order chi connectivity index (χ1) is 48.2. The van der Waals surface area contributed by atoms with Crippen molar-refractivity contribution in [2.45, 2.75) is 105 Å². The van der Waals surface area contributed by atoms with E-state index in [-0.39, 0.29) is 63.8 Å². The van der Waals surface area contributed by atoms with Crippen molar-refractivity contribution in [1.82, 2.24) is 20.4 Å². The molecule has 12 aromatic carbocycles. The minimum absolute atomic E-state index is 0. The summed E-state index contributed by atoms with van der Waals surface area (Å²) in [6, 6.07) is 106. The second kappa shape index (κ2) is 31.2. The van der Waals surface area contributed by atoms with Gasteiger partial charge in [0.05, 0.1) is 0 Å². The van der Waals surface area contributed by atoms with Crippen molar-refractivity contribution in [1.29, 1.82) is 0 Å². The van der Waals surface area contributed by atoms with Gasteiger partial charge in [-0.05, 0) is 101 Å². The van der Waals surface area contributed by atoms with Crippen molar-refractivity contribution < 1.29 is 42.1 Å². The van der Waals surface area contributed by atoms with Crippen molar-refractivity contribution in [2.24, 2.45) is 0 Å². The molecule has 0 atom stereocenters. The van der Waals surface area contributed by atoms with Gasteiger partial charge in [0.1, 0.15) is 0 Å². The molecule has 2 aliphatic heterocycles. The molecule has 10 heteroatoms. The van der Waals surface area contributed by atoms with Crippen LogP contribution in [-0.2, 0) is 63.8 Å². The Hall–Kier alpha value is -9.84. The summed E-state index contributed by atoms with van der Waals surface area (Å²) < 4.78 is 0. The van der Waals surface area contributed by atoms with Gasteiger partial charge in [0.15, 0.2) is 0 Å². The molecule has 0 amide bonds. The molecule has 16 rings (SSSR count). The van der Waals surface area contributed by atoms with Gasteiger partial charge >= 0.3 is 0 Å². The molecule has 0 aliphatic carbocycles. The van der Waals surface area contributed by atoms with Gasteiger partial charge in [-0.25, -0.2) is 0 Å². The van der Waals surface area contributed by atoms with Crippen molar-refractivity contribution >= 4 is 67.3 Å². The third-order valence-electron chi connectivity index (χ3n) is 18.4. The SMILES string of the molecule is CC(C)(C)c1cc(-c2cccc(-c3ccccc3)c2N2[CH-]N(c3[c-]cccc3)c3ccccc32)cc(C(C)(C)C)c1.CC(C)(C)c1cc(-c2cccc(-c3ccccc3)c2N2[CH-]N(c3[c-]cccc3)c3ccccc32)cc(C(C)(C)C)c1.[Pt].[Pt].c1ccc2[n-]ncc2c1.c1ccc2[n-]ncc2c1. The topological polar surface area (TPSA) is 66.9 Å². The van der Waals surface area contributed by atoms with Crippen LogP contribution >= 0.6 is 0 Å². The molecule has 0 fully saturated rings. The molecule has 14 aromatic rings. The zero-order valence-electron chi connectivity index (χ0n) is 60.1. The molecule has 0 bridgehead atoms. The van der Waals surface area contributed by atoms with Crippen LogP contribution in [0.1, 0.15) is 105 Å². The molecule has 0 saturated carbocycles. The minimum Gasteiger partial charge on any atom is -0.575 e. The molecule has 520 valence electrons. The van der Waals surface area contributed by atoms with Crippen LogP contribution in [-0.4, -0.2) is 10.2 Å². The van der Waals surface area contributed by atoms with Crippen LogP contribution in [0, 0.1) is 25.5 Å². The van der Waals surface area contributed by atoms with E-state index in [4.69, 9.17) is 0 Å². The van der Waals surface area contributed by atoms with E-state index in [0.717, 1.165) is 55.9 Å². The summed E-state index contributed by atoms with van der Waals surface area (Å²) in [5.74, 6) is 0. The van der Waals surface area contributed by atoms with Crippen molar-refractivity contribution in [3.8, 4) is 44.5 Å². The number of fused-ring (bicyclic) bond motifs is 4. The monoisotopic (exact) mass is 1690 g/mol. The van der Waals surface area contributed by atoms with E-state index in [9.17, 15) is 0 Å². The maximum absolute atomic E-state index is 3.87. The first-order valence-corrected chi connectivity index (χ1v) is 34.5. The van der Waals surface area contributed by atoms with Crippen LogP contribution < -0.4 is 29.8 Å². The largest absolute Gasteiger partial charge is 0.575 e. The van der Waals surface area contributed by atoms with E-state index in [2.05, 4.69) is 355 Å². The molecule has 2 aromatic heterocycles. The van der Waals surface area contributed by atoms with E-state index in [1.807, 2.05) is 72.8 Å². The van der Waals surface area contributed by atoms with Crippen LogP contribution in [0.3, 0.4) is 0 Å². The van der Waals surface area contributed by atoms with E-state index in [1.165, 1.54) is 78.1 Å². The predicted molar refractivity (Wildman–Crippen MR) is 420 cm³/mol. The molecule has 0 saturated heterocycles. The number of hydrogen-bond acceptors (Lipinski definition) is 6. The van der Waals surface area contributed by atoms with E-state index < -0.39 is 0 Å². The summed E-state index contributed by atoms with van der Waals surface area (Å²) in [5.41, 5.74) is 26.1. The van der Waals surface area contributed by atoms with E-state index in [0.29, 0.717) is 0 Å². The normalized spacial score (nSPS) is 12.6. The van der Waals surface area contributed by atoms with Gasteiger partial charge in [0, 0.05) is 111 Å². The van der Waals surface area contributed by atoms with Crippen molar-refractivity contribution in [3.05, 3.63) is 339 Å². The second-order valence-corrected chi connectivity index (χ2v) is 29.7. The fourth-order valence-corrected chi connectivity index (χ4v) is 12.8. The van der Waals surface area contributed by atoms with Gasteiger partial charge in [-0.2, -0.15) is 60.7 Å². The van der Waals surface area contributed by atoms with Gasteiger partial charge in [0.25, 0.3) is 0 Å². The molecule has 0 N–H and O–H groups in total. The smallest absolute Gasteiger partial charge is 0.0344 e. The number of nitrogens with zero attached hydrogens (tertiary/aromatic N) is 8. The molecule has 0 radical (unpaired) electrons. The van der Waals surface area contributed by atoms with Crippen LogP contribution in [0.4, 0.5) is 45.5 Å². The zero-order valence-corrected chi connectivity index (χ0v) is 64.6. The van der Waals surface area contributed by atoms with E-state index in [1.54, 1.807) is 12.4 Å². The Kier molecular flexibility index (Phi) is 22.4. The molecule has 102 heavy (non-hydrogen) atoms. The number of benzene rings is 12. The summed E-state index contributed by atoms with van der Waals surface area (Å²) in [4.78, 5) is 9.23. The van der Waals surface area contributed by atoms with Gasteiger partial charge in [0.2, 0.25) is 0 Å². The number of hydrogen-bond donors (Lipinski definition) is 0. The zero-order chi connectivity index (χ0) is 69.8. The Morgan fingerprint density at radius 2 is 0.588 bits per heavy atom. The Bertz CT molecular complexity index is 4650. The fourth-order valence-electron chi connectivity index (χ4n) is 12.8. The summed E-state index contributed by atoms with van der Waals surface area (Å²) >= 11 is 0. The third-order valence-corrected chi connectivity index (χ3v) is 18.4. The van der Waals surface area contributed by atoms with Crippen LogP contribution in [0.2, 0.25) is 0 Å². The standard InChI is InChI=1S/2C39H38N2.2C7H5N2.2Pt/c2*1-38(2,3)30-24-29(25-31(26-30)39(4,5)6)34-21-15-20-33(28-16-9-7-10-17-28)37(34)41-27-40(32-18-11-8-12-19-32)35-22-13-14-23-36(35)41;2*1-2-4-7-6(3-1)5-8-9-7;;/h2*7-18,20-27H,1-6H3;2*1-5H;;/q2*-2;2*-1;;. The molecule has 8 nitrogen and oxygen atoms in total. The summed E-state index contributed by atoms with van der Waals surface area (Å²) in [6.07, 6.45) is 3.52. The summed E-state index contributed by atoms with van der Waals surface area (Å²) in [7, 11) is 0. The van der Waals surface area contributed by atoms with Crippen LogP contribution in [0.25, 0.3) is 66.3 Å². The third kappa shape index (κ3) is 16.2. The number of para-hydroxylation sites is 8. The summed E-state index contributed by atoms with van der Waals surface area (Å²) in [6.45, 7) is 32.1. The number of anilines is 8. The van der Waals surface area contributed by atoms with E-state index >= 15 is 0 Å². The van der Waals surface area contributed by atoms with Gasteiger partial charge in [-0.3, -0.25) is 0 Å². The molecule has 0 unspecified atom stereocenters. The van der Waals surface area contributed by atoms with Crippen molar-refractivity contribution in [2.75, 3.05) is 19.6 Å². The Labute approximate surface area is 633 Å². The average molecular weight is 1690 g/mol. The molecule has 0 spiro atoms. The Morgan fingerprint density at radius 1 is 0.294 bits per heavy atom. The van der Waals surface area contributed by atoms with Crippen LogP contribution in [0.15, 0.2) is 291 Å². The fraction of sp³-hybridized carbons (Fsp3) is 0.174. The molecule has 2 aliphatic rings. The Morgan fingerprint density at radius 3 is 0.902 bits per heavy atom. The molecular formula is C92H86N8Pt2-6.